The third-order valence-electron chi connectivity index (χ3n) is 4.63. The molecular weight excluding hydrogens is 314 g/mol. The number of fused-ring (bicyclic) bond motifs is 1. The maximum absolute atomic E-state index is 12.3. The SMILES string of the molecule is O=S1(=O)N=C(C[C@@H](CO)Cc2ccccc2)OC2CCCCC21. The second kappa shape index (κ2) is 7.01. The van der Waals surface area contributed by atoms with Crippen molar-refractivity contribution in [1.29, 1.82) is 0 Å². The van der Waals surface area contributed by atoms with E-state index in [4.69, 9.17) is 4.74 Å². The van der Waals surface area contributed by atoms with Crippen LogP contribution < -0.4 is 0 Å². The molecular formula is C17H23NO4S. The summed E-state index contributed by atoms with van der Waals surface area (Å²) < 4.78 is 34.4. The van der Waals surface area contributed by atoms with Crippen molar-refractivity contribution in [3.63, 3.8) is 0 Å². The number of nitrogens with zero attached hydrogens (tertiary/aromatic N) is 1. The van der Waals surface area contributed by atoms with Crippen LogP contribution in [0, 0.1) is 5.92 Å². The van der Waals surface area contributed by atoms with Crippen LogP contribution in [0.3, 0.4) is 0 Å². The molecule has 1 saturated carbocycles. The van der Waals surface area contributed by atoms with Gasteiger partial charge in [-0.1, -0.05) is 36.8 Å². The van der Waals surface area contributed by atoms with Gasteiger partial charge in [0.15, 0.2) is 0 Å². The van der Waals surface area contributed by atoms with Gasteiger partial charge in [0, 0.05) is 13.0 Å². The molecule has 1 aliphatic carbocycles. The zero-order chi connectivity index (χ0) is 16.3. The molecule has 126 valence electrons. The Hall–Kier alpha value is -1.40. The van der Waals surface area contributed by atoms with E-state index in [9.17, 15) is 13.5 Å². The van der Waals surface area contributed by atoms with Crippen LogP contribution in [0.15, 0.2) is 34.7 Å². The summed E-state index contributed by atoms with van der Waals surface area (Å²) >= 11 is 0. The highest BCUT2D eigenvalue weighted by atomic mass is 32.2. The standard InChI is InChI=1S/C17H23NO4S/c19-12-14(10-13-6-2-1-3-7-13)11-17-18-23(20,21)16-9-5-4-8-15(16)22-17/h1-3,6-7,14-16,19H,4-5,8-12H2/t14-,15?,16?/m0/s1. The molecule has 2 unspecified atom stereocenters. The van der Waals surface area contributed by atoms with E-state index in [1.54, 1.807) is 0 Å². The highest BCUT2D eigenvalue weighted by Gasteiger charge is 2.41. The molecule has 1 aromatic rings. The molecule has 1 fully saturated rings. The van der Waals surface area contributed by atoms with Gasteiger partial charge in [0.1, 0.15) is 11.4 Å². The van der Waals surface area contributed by atoms with Crippen LogP contribution in [0.25, 0.3) is 0 Å². The second-order valence-electron chi connectivity index (χ2n) is 6.42. The Balaban J connectivity index is 1.72. The molecule has 23 heavy (non-hydrogen) atoms. The number of hydrogen-bond acceptors (Lipinski definition) is 4. The van der Waals surface area contributed by atoms with Crippen molar-refractivity contribution in [3.8, 4) is 0 Å². The summed E-state index contributed by atoms with van der Waals surface area (Å²) in [6.07, 6.45) is 4.08. The minimum absolute atomic E-state index is 0.0224. The summed E-state index contributed by atoms with van der Waals surface area (Å²) in [6.45, 7) is -0.0224. The van der Waals surface area contributed by atoms with Crippen molar-refractivity contribution in [2.24, 2.45) is 10.3 Å². The average molecular weight is 337 g/mol. The van der Waals surface area contributed by atoms with E-state index < -0.39 is 15.3 Å². The Kier molecular flexibility index (Phi) is 5.02. The summed E-state index contributed by atoms with van der Waals surface area (Å²) in [5.41, 5.74) is 1.11. The predicted octanol–water partition coefficient (Wildman–Crippen LogP) is 2.30. The fourth-order valence-electron chi connectivity index (χ4n) is 3.43. The number of rotatable bonds is 5. The smallest absolute Gasteiger partial charge is 0.262 e. The quantitative estimate of drug-likeness (QED) is 0.894. The van der Waals surface area contributed by atoms with Crippen molar-refractivity contribution in [1.82, 2.24) is 0 Å². The van der Waals surface area contributed by atoms with Gasteiger partial charge in [-0.05, 0) is 37.2 Å². The van der Waals surface area contributed by atoms with E-state index >= 15 is 0 Å². The molecule has 0 bridgehead atoms. The lowest BCUT2D eigenvalue weighted by Crippen LogP contribution is -2.43. The van der Waals surface area contributed by atoms with E-state index in [-0.39, 0.29) is 24.5 Å². The molecule has 1 aromatic carbocycles. The molecule has 0 saturated heterocycles. The Morgan fingerprint density at radius 1 is 1.17 bits per heavy atom. The van der Waals surface area contributed by atoms with Crippen LogP contribution >= 0.6 is 0 Å². The van der Waals surface area contributed by atoms with Gasteiger partial charge in [-0.2, -0.15) is 0 Å². The van der Waals surface area contributed by atoms with E-state index in [0.29, 0.717) is 19.3 Å². The van der Waals surface area contributed by atoms with Gasteiger partial charge in [-0.25, -0.2) is 8.42 Å². The first-order chi connectivity index (χ1) is 11.1. The molecule has 5 nitrogen and oxygen atoms in total. The molecule has 1 heterocycles. The summed E-state index contributed by atoms with van der Waals surface area (Å²) in [5.74, 6) is 0.176. The van der Waals surface area contributed by atoms with Crippen molar-refractivity contribution in [2.45, 2.75) is 49.9 Å². The van der Waals surface area contributed by atoms with Crippen molar-refractivity contribution < 1.29 is 18.3 Å². The topological polar surface area (TPSA) is 76.0 Å². The number of aliphatic hydroxyl groups is 1. The van der Waals surface area contributed by atoms with Gasteiger partial charge in [0.05, 0.1) is 0 Å². The van der Waals surface area contributed by atoms with Crippen molar-refractivity contribution in [2.75, 3.05) is 6.61 Å². The third-order valence-corrected chi connectivity index (χ3v) is 6.39. The highest BCUT2D eigenvalue weighted by Crippen LogP contribution is 2.32. The molecule has 0 spiro atoms. The van der Waals surface area contributed by atoms with E-state index in [0.717, 1.165) is 24.8 Å². The lowest BCUT2D eigenvalue weighted by atomic mass is 9.95. The Labute approximate surface area is 137 Å². The van der Waals surface area contributed by atoms with Gasteiger partial charge in [-0.3, -0.25) is 0 Å². The van der Waals surface area contributed by atoms with Crippen molar-refractivity contribution >= 4 is 15.9 Å². The lowest BCUT2D eigenvalue weighted by molar-refractivity contribution is 0.130. The third kappa shape index (κ3) is 3.93. The monoisotopic (exact) mass is 337 g/mol. The normalized spacial score (nSPS) is 27.4. The zero-order valence-corrected chi connectivity index (χ0v) is 13.9. The Morgan fingerprint density at radius 3 is 2.65 bits per heavy atom. The number of sulfonamides is 1. The van der Waals surface area contributed by atoms with E-state index in [2.05, 4.69) is 4.40 Å². The predicted molar refractivity (Wildman–Crippen MR) is 88.8 cm³/mol. The Morgan fingerprint density at radius 2 is 1.91 bits per heavy atom. The second-order valence-corrected chi connectivity index (χ2v) is 8.24. The summed E-state index contributed by atoms with van der Waals surface area (Å²) in [4.78, 5) is 0. The van der Waals surface area contributed by atoms with Crippen LogP contribution in [0.5, 0.6) is 0 Å². The van der Waals surface area contributed by atoms with Crippen LogP contribution in [-0.4, -0.2) is 37.4 Å². The molecule has 6 heteroatoms. The van der Waals surface area contributed by atoms with Crippen LogP contribution in [0.4, 0.5) is 0 Å². The fraction of sp³-hybridized carbons (Fsp3) is 0.588. The minimum Gasteiger partial charge on any atom is -0.475 e. The average Bonchev–Trinajstić information content (AvgIpc) is 2.54. The summed E-state index contributed by atoms with van der Waals surface area (Å²) in [5, 5.41) is 9.14. The number of ether oxygens (including phenoxy) is 1. The molecule has 3 rings (SSSR count). The number of benzene rings is 1. The van der Waals surface area contributed by atoms with E-state index in [1.165, 1.54) is 0 Å². The zero-order valence-electron chi connectivity index (χ0n) is 13.1. The first-order valence-electron chi connectivity index (χ1n) is 8.22. The highest BCUT2D eigenvalue weighted by molar-refractivity contribution is 7.91. The number of hydrogen-bond donors (Lipinski definition) is 1. The van der Waals surface area contributed by atoms with Gasteiger partial charge < -0.3 is 9.84 Å². The molecule has 0 aromatic heterocycles. The first kappa shape index (κ1) is 16.5. The molecule has 1 N–H and O–H groups in total. The van der Waals surface area contributed by atoms with Gasteiger partial charge in [-0.15, -0.1) is 4.40 Å². The minimum atomic E-state index is -3.48. The van der Waals surface area contributed by atoms with Crippen LogP contribution in [0.2, 0.25) is 0 Å². The molecule has 2 aliphatic rings. The van der Waals surface area contributed by atoms with Crippen LogP contribution in [-0.2, 0) is 21.2 Å². The molecule has 0 radical (unpaired) electrons. The summed E-state index contributed by atoms with van der Waals surface area (Å²) in [6, 6.07) is 9.85. The fourth-order valence-corrected chi connectivity index (χ4v) is 5.00. The number of aliphatic hydroxyl groups excluding tert-OH is 1. The summed E-state index contributed by atoms with van der Waals surface area (Å²) in [7, 11) is -3.48. The molecule has 0 amide bonds. The first-order valence-corrected chi connectivity index (χ1v) is 9.73. The van der Waals surface area contributed by atoms with Gasteiger partial charge >= 0.3 is 0 Å². The molecule has 3 atom stereocenters. The van der Waals surface area contributed by atoms with Crippen molar-refractivity contribution in [3.05, 3.63) is 35.9 Å². The van der Waals surface area contributed by atoms with Gasteiger partial charge in [0.25, 0.3) is 10.0 Å². The maximum Gasteiger partial charge on any atom is 0.262 e. The lowest BCUT2D eigenvalue weighted by Gasteiger charge is -2.34. The molecule has 1 aliphatic heterocycles. The maximum atomic E-state index is 12.3. The van der Waals surface area contributed by atoms with Gasteiger partial charge in [0.2, 0.25) is 5.90 Å². The largest absolute Gasteiger partial charge is 0.475 e. The van der Waals surface area contributed by atoms with Crippen LogP contribution in [0.1, 0.15) is 37.7 Å². The van der Waals surface area contributed by atoms with E-state index in [1.807, 2.05) is 30.3 Å². The Bertz CT molecular complexity index is 656.